The Morgan fingerprint density at radius 3 is 0.659 bits per heavy atom. The molecule has 0 aliphatic heterocycles. The predicted octanol–water partition coefficient (Wildman–Crippen LogP) is 38.1. The molecule has 2 nitrogen and oxygen atoms in total. The van der Waals surface area contributed by atoms with Gasteiger partial charge in [-0.15, -0.1) is 94.7 Å². The van der Waals surface area contributed by atoms with Gasteiger partial charge in [0.15, 0.2) is 0 Å². The van der Waals surface area contributed by atoms with Crippen LogP contribution >= 0.6 is 0 Å². The quantitative estimate of drug-likeness (QED) is 0.0273. The molecule has 0 unspecified atom stereocenters. The fraction of sp³-hybridized carbons (Fsp3) is 0.740. The molecule has 3 heteroatoms. The molecule has 0 saturated heterocycles. The summed E-state index contributed by atoms with van der Waals surface area (Å²) in [5.41, 5.74) is 16.6. The second-order valence-electron chi connectivity index (χ2n) is 36.7. The topological polar surface area (TPSA) is 24.7 Å². The molecule has 0 spiro atoms. The first kappa shape index (κ1) is 119. The number of unbranched alkanes of at least 4 members (excludes halogenated alkanes) is 54. The Balaban J connectivity index is 0.0000794. The van der Waals surface area contributed by atoms with Crippen LogP contribution in [0.4, 0.5) is 11.4 Å². The van der Waals surface area contributed by atoms with Crippen LogP contribution in [0.2, 0.25) is 0 Å². The van der Waals surface area contributed by atoms with E-state index in [0.717, 1.165) is 248 Å². The molecule has 2 aromatic carbocycles. The summed E-state index contributed by atoms with van der Waals surface area (Å²) in [7, 11) is 0. The Kier molecular flexibility index (Phi) is 88.5. The van der Waals surface area contributed by atoms with Crippen molar-refractivity contribution in [1.29, 1.82) is 0 Å². The molecule has 126 heavy (non-hydrogen) atoms. The van der Waals surface area contributed by atoms with Gasteiger partial charge in [0.25, 0.3) is 0 Å². The Hall–Kier alpha value is -5.51. The normalized spacial score (nSPS) is 11.1. The maximum atomic E-state index is 6.37. The van der Waals surface area contributed by atoms with Gasteiger partial charge in [0.2, 0.25) is 0 Å². The van der Waals surface area contributed by atoms with Gasteiger partial charge < -0.3 is 0 Å². The number of aryl methyl sites for hydroxylation is 2. The molecular weight excluding hydrogens is 1560 g/mol. The largest absolute Gasteiger partial charge is 2.00 e. The minimum Gasteiger partial charge on any atom is -0.251 e. The Morgan fingerprint density at radius 2 is 0.405 bits per heavy atom. The maximum absolute atomic E-state index is 6.37. The second-order valence-corrected chi connectivity index (χ2v) is 36.7. The average Bonchev–Trinajstić information content (AvgIpc) is 0.787. The predicted molar refractivity (Wildman–Crippen MR) is 562 cm³/mol. The van der Waals surface area contributed by atoms with Crippen LogP contribution in [0.3, 0.4) is 0 Å². The van der Waals surface area contributed by atoms with Gasteiger partial charge in [0, 0.05) is 103 Å². The molecule has 0 saturated carbocycles. The Bertz CT molecular complexity index is 3560. The standard InChI is InChI=1S/C123H196N2.Ni/c1-11-21-31-40-49-58-59-60-61-62-63-64-65-66-67-68-69-70-71-72-81-90-99-109-121(125-123-111-113(101-92-83-74-51-42-33-23-13-3)115(103-94-85-76-53-44-35-25-15-5)117(105-96-87-78-55-46-37-27-17-7)119(123)107-98-89-80-57-48-39-29-19-9)120(108-30-20-10)124-122-110-112(100-91-82-73-50-41-32-22-12-2)114(102-93-84-75-52-43-34-24-14-4)116(104-95-86-77-54-45-36-26-16-6)118(122)106-97-88-79-56-47-38-28-18-8;/h99,109-111H,11-49,58-72,81-98,100-108H2,1-10H3;/q;+2/b109-99+,124-120+,125-121+;. The molecule has 0 aromatic heterocycles. The summed E-state index contributed by atoms with van der Waals surface area (Å²) >= 11 is 0. The van der Waals surface area contributed by atoms with E-state index in [1.54, 1.807) is 22.3 Å². The van der Waals surface area contributed by atoms with Crippen molar-refractivity contribution < 1.29 is 16.5 Å². The van der Waals surface area contributed by atoms with E-state index in [9.17, 15) is 0 Å². The fourth-order valence-electron chi connectivity index (χ4n) is 17.1. The minimum absolute atomic E-state index is 0. The van der Waals surface area contributed by atoms with E-state index in [4.69, 9.17) is 9.98 Å². The summed E-state index contributed by atoms with van der Waals surface area (Å²) in [6, 6.07) is 5.23. The molecule has 0 fully saturated rings. The fourth-order valence-corrected chi connectivity index (χ4v) is 17.1. The van der Waals surface area contributed by atoms with Crippen molar-refractivity contribution in [3.8, 4) is 94.7 Å². The van der Waals surface area contributed by atoms with E-state index in [0.29, 0.717) is 0 Å². The first-order valence-electron chi connectivity index (χ1n) is 54.7. The van der Waals surface area contributed by atoms with Crippen molar-refractivity contribution in [2.45, 2.75) is 589 Å². The van der Waals surface area contributed by atoms with Gasteiger partial charge >= 0.3 is 16.5 Å². The molecule has 0 aliphatic carbocycles. The minimum atomic E-state index is 0. The van der Waals surface area contributed by atoms with Crippen LogP contribution in [0.5, 0.6) is 0 Å². The zero-order valence-electron chi connectivity index (χ0n) is 84.8. The van der Waals surface area contributed by atoms with Crippen LogP contribution in [-0.2, 0) is 67.9 Å². The molecule has 0 N–H and O–H groups in total. The number of benzene rings is 2. The van der Waals surface area contributed by atoms with Gasteiger partial charge in [0.1, 0.15) is 0 Å². The molecular formula is C123H196N2Ni+2. The number of aliphatic imine (C=N–C) groups is 2. The van der Waals surface area contributed by atoms with Crippen molar-refractivity contribution in [3.63, 3.8) is 0 Å². The molecule has 0 amide bonds. The third kappa shape index (κ3) is 67.7. The molecule has 2 aromatic rings. The van der Waals surface area contributed by atoms with Gasteiger partial charge in [0.05, 0.1) is 22.8 Å². The third-order valence-corrected chi connectivity index (χ3v) is 24.9. The van der Waals surface area contributed by atoms with Crippen molar-refractivity contribution in [2.24, 2.45) is 9.98 Å². The zero-order chi connectivity index (χ0) is 89.8. The second kappa shape index (κ2) is 94.1. The van der Waals surface area contributed by atoms with Crippen molar-refractivity contribution in [2.75, 3.05) is 0 Å². The SMILES string of the molecule is CCCCCC#CCCCc1cc(/N=C(\C=C\CCCCCCCCCCCCCCCCCCCCCCC)C(/CCCC)=N/c2cc(CCCC#CCCCCC)c(CCCC#CCCCCC)c(CCCC#CCCCCC)c2CCCC#CCCCCC)c(CCCC#CCCCCC)c(CCCC#CCCCCC)c1CCCC#CCCCCC.[Ni+2]. The smallest absolute Gasteiger partial charge is 0.251 e. The van der Waals surface area contributed by atoms with E-state index in [-0.39, 0.29) is 16.5 Å². The molecule has 0 bridgehead atoms. The number of hydrogen-bond donors (Lipinski definition) is 0. The van der Waals surface area contributed by atoms with Crippen LogP contribution in [0.25, 0.3) is 0 Å². The van der Waals surface area contributed by atoms with Crippen LogP contribution in [0.1, 0.15) is 582 Å². The monoisotopic (exact) mass is 1760 g/mol. The van der Waals surface area contributed by atoms with Gasteiger partial charge in [-0.05, 0) is 242 Å². The van der Waals surface area contributed by atoms with Crippen LogP contribution in [0.15, 0.2) is 34.3 Å². The molecule has 706 valence electrons. The molecule has 0 radical (unpaired) electrons. The molecule has 0 heterocycles. The summed E-state index contributed by atoms with van der Waals surface area (Å²) in [6.45, 7) is 23.1. The summed E-state index contributed by atoms with van der Waals surface area (Å²) in [5, 5.41) is 0. The number of nitrogens with zero attached hydrogens (tertiary/aromatic N) is 2. The number of rotatable bonds is 77. The van der Waals surface area contributed by atoms with Crippen molar-refractivity contribution in [1.82, 2.24) is 0 Å². The summed E-state index contributed by atoms with van der Waals surface area (Å²) in [5.74, 6) is 58.5. The maximum Gasteiger partial charge on any atom is 2.00 e. The van der Waals surface area contributed by atoms with Crippen LogP contribution < -0.4 is 0 Å². The average molecular weight is 1760 g/mol. The van der Waals surface area contributed by atoms with E-state index in [1.807, 2.05) is 0 Å². The molecule has 2 rings (SSSR count). The van der Waals surface area contributed by atoms with E-state index >= 15 is 0 Å². The van der Waals surface area contributed by atoms with Gasteiger partial charge in [-0.25, -0.2) is 4.99 Å². The first-order valence-corrected chi connectivity index (χ1v) is 54.7. The summed E-state index contributed by atoms with van der Waals surface area (Å²) in [4.78, 5) is 12.7. The number of hydrogen-bond acceptors (Lipinski definition) is 2. The van der Waals surface area contributed by atoms with Gasteiger partial charge in [-0.3, -0.25) is 4.99 Å². The Morgan fingerprint density at radius 1 is 0.206 bits per heavy atom. The van der Waals surface area contributed by atoms with E-state index < -0.39 is 0 Å². The van der Waals surface area contributed by atoms with Crippen LogP contribution in [0, 0.1) is 94.7 Å². The van der Waals surface area contributed by atoms with Gasteiger partial charge in [-0.2, -0.15) is 0 Å². The molecule has 0 atom stereocenters. The van der Waals surface area contributed by atoms with Gasteiger partial charge in [-0.1, -0.05) is 313 Å². The summed E-state index contributed by atoms with van der Waals surface area (Å²) in [6.07, 6.45) is 99.3. The third-order valence-electron chi connectivity index (χ3n) is 24.9. The van der Waals surface area contributed by atoms with Crippen molar-refractivity contribution >= 4 is 22.8 Å². The van der Waals surface area contributed by atoms with Crippen molar-refractivity contribution in [3.05, 3.63) is 68.8 Å². The molecule has 0 aliphatic rings. The van der Waals surface area contributed by atoms with Crippen LogP contribution in [-0.4, -0.2) is 11.4 Å². The first-order chi connectivity index (χ1) is 61.9. The Labute approximate surface area is 796 Å². The van der Waals surface area contributed by atoms with E-state index in [1.165, 1.54) is 317 Å². The number of allylic oxidation sites excluding steroid dienone is 2. The van der Waals surface area contributed by atoms with E-state index in [2.05, 4.69) is 188 Å². The zero-order valence-corrected chi connectivity index (χ0v) is 85.8. The summed E-state index contributed by atoms with van der Waals surface area (Å²) < 4.78 is 0.